The number of anilines is 1. The van der Waals surface area contributed by atoms with Crippen molar-refractivity contribution in [2.75, 3.05) is 25.0 Å². The molecule has 2 N–H and O–H groups in total. The van der Waals surface area contributed by atoms with Gasteiger partial charge in [-0.05, 0) is 24.1 Å². The molecule has 0 aromatic heterocycles. The number of aryl methyl sites for hydroxylation is 1. The molecule has 0 radical (unpaired) electrons. The van der Waals surface area contributed by atoms with Crippen molar-refractivity contribution in [3.8, 4) is 0 Å². The number of aliphatic hydroxyl groups excluding tert-OH is 1. The van der Waals surface area contributed by atoms with Crippen LogP contribution in [0.5, 0.6) is 0 Å². The Kier molecular flexibility index (Phi) is 5.94. The standard InChI is InChI=1S/C14H20N2O2/c1-3-9-16(10-11-17)14(18)15-13-7-5-12(4-2)6-8-13/h3,5-8,17H,1,4,9-11H2,2H3,(H,15,18). The molecule has 4 nitrogen and oxygen atoms in total. The number of aliphatic hydroxyl groups is 1. The highest BCUT2D eigenvalue weighted by molar-refractivity contribution is 5.89. The number of nitrogens with zero attached hydrogens (tertiary/aromatic N) is 1. The highest BCUT2D eigenvalue weighted by atomic mass is 16.3. The van der Waals surface area contributed by atoms with Crippen LogP contribution in [0.1, 0.15) is 12.5 Å². The third-order valence-corrected chi connectivity index (χ3v) is 2.62. The number of carbonyl (C=O) groups is 1. The largest absolute Gasteiger partial charge is 0.395 e. The van der Waals surface area contributed by atoms with Crippen molar-refractivity contribution in [2.24, 2.45) is 0 Å². The molecule has 1 aromatic carbocycles. The maximum atomic E-state index is 11.9. The van der Waals surface area contributed by atoms with Crippen molar-refractivity contribution in [2.45, 2.75) is 13.3 Å². The van der Waals surface area contributed by atoms with Crippen LogP contribution in [-0.2, 0) is 6.42 Å². The van der Waals surface area contributed by atoms with Crippen LogP contribution < -0.4 is 5.32 Å². The first-order chi connectivity index (χ1) is 8.71. The summed E-state index contributed by atoms with van der Waals surface area (Å²) >= 11 is 0. The predicted molar refractivity (Wildman–Crippen MR) is 73.7 cm³/mol. The van der Waals surface area contributed by atoms with E-state index >= 15 is 0 Å². The van der Waals surface area contributed by atoms with Gasteiger partial charge in [0.2, 0.25) is 0 Å². The molecule has 4 heteroatoms. The fraction of sp³-hybridized carbons (Fsp3) is 0.357. The lowest BCUT2D eigenvalue weighted by Crippen LogP contribution is -2.37. The predicted octanol–water partition coefficient (Wildman–Crippen LogP) is 2.26. The van der Waals surface area contributed by atoms with Crippen LogP contribution in [-0.4, -0.2) is 35.7 Å². The number of carbonyl (C=O) groups excluding carboxylic acids is 1. The van der Waals surface area contributed by atoms with Crippen LogP contribution in [0.3, 0.4) is 0 Å². The summed E-state index contributed by atoms with van der Waals surface area (Å²) in [5.74, 6) is 0. The summed E-state index contributed by atoms with van der Waals surface area (Å²) in [6.07, 6.45) is 2.61. The third-order valence-electron chi connectivity index (χ3n) is 2.62. The number of hydrogen-bond acceptors (Lipinski definition) is 2. The Morgan fingerprint density at radius 3 is 2.61 bits per heavy atom. The zero-order valence-electron chi connectivity index (χ0n) is 10.7. The van der Waals surface area contributed by atoms with Crippen molar-refractivity contribution in [3.63, 3.8) is 0 Å². The summed E-state index contributed by atoms with van der Waals surface area (Å²) in [4.78, 5) is 13.4. The van der Waals surface area contributed by atoms with Gasteiger partial charge in [-0.15, -0.1) is 6.58 Å². The highest BCUT2D eigenvalue weighted by Gasteiger charge is 2.11. The molecule has 0 aliphatic carbocycles. The number of hydrogen-bond donors (Lipinski definition) is 2. The smallest absolute Gasteiger partial charge is 0.322 e. The molecule has 0 spiro atoms. The van der Waals surface area contributed by atoms with Gasteiger partial charge in [-0.25, -0.2) is 4.79 Å². The van der Waals surface area contributed by atoms with E-state index in [1.807, 2.05) is 24.3 Å². The molecule has 0 saturated carbocycles. The Hall–Kier alpha value is -1.81. The average Bonchev–Trinajstić information content (AvgIpc) is 2.39. The molecular formula is C14H20N2O2. The molecule has 2 amide bonds. The minimum absolute atomic E-state index is 0.0595. The minimum atomic E-state index is -0.229. The van der Waals surface area contributed by atoms with Crippen molar-refractivity contribution >= 4 is 11.7 Å². The van der Waals surface area contributed by atoms with Crippen LogP contribution in [0.15, 0.2) is 36.9 Å². The first kappa shape index (κ1) is 14.3. The van der Waals surface area contributed by atoms with Crippen LogP contribution >= 0.6 is 0 Å². The van der Waals surface area contributed by atoms with Gasteiger partial charge in [0.15, 0.2) is 0 Å². The summed E-state index contributed by atoms with van der Waals surface area (Å²) in [5.41, 5.74) is 1.98. The molecule has 0 unspecified atom stereocenters. The number of amides is 2. The van der Waals surface area contributed by atoms with Gasteiger partial charge in [0.1, 0.15) is 0 Å². The monoisotopic (exact) mass is 248 g/mol. The fourth-order valence-electron chi connectivity index (χ4n) is 1.58. The van der Waals surface area contributed by atoms with Gasteiger partial charge < -0.3 is 15.3 Å². The average molecular weight is 248 g/mol. The van der Waals surface area contributed by atoms with Crippen LogP contribution in [0.25, 0.3) is 0 Å². The van der Waals surface area contributed by atoms with Crippen molar-refractivity contribution < 1.29 is 9.90 Å². The second-order valence-electron chi connectivity index (χ2n) is 3.94. The molecule has 18 heavy (non-hydrogen) atoms. The Bertz CT molecular complexity index is 387. The van der Waals surface area contributed by atoms with E-state index in [9.17, 15) is 4.79 Å². The first-order valence-corrected chi connectivity index (χ1v) is 6.07. The topological polar surface area (TPSA) is 52.6 Å². The molecule has 1 aromatic rings. The van der Waals surface area contributed by atoms with Crippen LogP contribution in [0.2, 0.25) is 0 Å². The summed E-state index contributed by atoms with van der Waals surface area (Å²) in [7, 11) is 0. The quantitative estimate of drug-likeness (QED) is 0.759. The maximum absolute atomic E-state index is 11.9. The molecule has 0 fully saturated rings. The summed E-state index contributed by atoms with van der Waals surface area (Å²) in [5, 5.41) is 11.7. The Labute approximate surface area is 108 Å². The molecular weight excluding hydrogens is 228 g/mol. The maximum Gasteiger partial charge on any atom is 0.322 e. The lowest BCUT2D eigenvalue weighted by molar-refractivity contribution is 0.195. The van der Waals surface area contributed by atoms with Gasteiger partial charge in [0.25, 0.3) is 0 Å². The Morgan fingerprint density at radius 1 is 1.44 bits per heavy atom. The van der Waals surface area contributed by atoms with Gasteiger partial charge in [-0.1, -0.05) is 25.1 Å². The van der Waals surface area contributed by atoms with Gasteiger partial charge in [-0.2, -0.15) is 0 Å². The van der Waals surface area contributed by atoms with Crippen molar-refractivity contribution in [1.82, 2.24) is 4.90 Å². The Morgan fingerprint density at radius 2 is 2.11 bits per heavy atom. The first-order valence-electron chi connectivity index (χ1n) is 6.07. The van der Waals surface area contributed by atoms with Crippen molar-refractivity contribution in [1.29, 1.82) is 0 Å². The molecule has 0 bridgehead atoms. The van der Waals surface area contributed by atoms with E-state index in [0.29, 0.717) is 13.1 Å². The number of benzene rings is 1. The molecule has 0 saturated heterocycles. The van der Waals surface area contributed by atoms with Crippen molar-refractivity contribution in [3.05, 3.63) is 42.5 Å². The van der Waals surface area contributed by atoms with Gasteiger partial charge in [-0.3, -0.25) is 0 Å². The van der Waals surface area contributed by atoms with Crippen LogP contribution in [0, 0.1) is 0 Å². The van der Waals surface area contributed by atoms with E-state index in [4.69, 9.17) is 5.11 Å². The van der Waals surface area contributed by atoms with Gasteiger partial charge in [0, 0.05) is 18.8 Å². The van der Waals surface area contributed by atoms with Gasteiger partial charge >= 0.3 is 6.03 Å². The second-order valence-corrected chi connectivity index (χ2v) is 3.94. The SMILES string of the molecule is C=CCN(CCO)C(=O)Nc1ccc(CC)cc1. The summed E-state index contributed by atoms with van der Waals surface area (Å²) in [6, 6.07) is 7.50. The lowest BCUT2D eigenvalue weighted by atomic mass is 10.1. The number of urea groups is 1. The molecule has 0 aliphatic rings. The number of nitrogens with one attached hydrogen (secondary N) is 1. The summed E-state index contributed by atoms with van der Waals surface area (Å²) < 4.78 is 0. The van der Waals surface area contributed by atoms with E-state index in [-0.39, 0.29) is 12.6 Å². The lowest BCUT2D eigenvalue weighted by Gasteiger charge is -2.20. The molecule has 0 aliphatic heterocycles. The number of rotatable bonds is 6. The van der Waals surface area contributed by atoms with Gasteiger partial charge in [0.05, 0.1) is 6.61 Å². The van der Waals surface area contributed by atoms with E-state index in [0.717, 1.165) is 12.1 Å². The second kappa shape index (κ2) is 7.50. The van der Waals surface area contributed by atoms with E-state index in [2.05, 4.69) is 18.8 Å². The van der Waals surface area contributed by atoms with E-state index < -0.39 is 0 Å². The minimum Gasteiger partial charge on any atom is -0.395 e. The third kappa shape index (κ3) is 4.22. The zero-order chi connectivity index (χ0) is 13.4. The fourth-order valence-corrected chi connectivity index (χ4v) is 1.58. The normalized spacial score (nSPS) is 9.89. The molecule has 1 rings (SSSR count). The van der Waals surface area contributed by atoms with E-state index in [1.165, 1.54) is 10.5 Å². The summed E-state index contributed by atoms with van der Waals surface area (Å²) in [6.45, 7) is 6.33. The molecule has 0 atom stereocenters. The Balaban J connectivity index is 2.63. The molecule has 0 heterocycles. The highest BCUT2D eigenvalue weighted by Crippen LogP contribution is 2.10. The molecule has 98 valence electrons. The zero-order valence-corrected chi connectivity index (χ0v) is 10.7. The van der Waals surface area contributed by atoms with Crippen LogP contribution in [0.4, 0.5) is 10.5 Å². The van der Waals surface area contributed by atoms with E-state index in [1.54, 1.807) is 6.08 Å².